The highest BCUT2D eigenvalue weighted by atomic mass is 32.1. The second-order valence-corrected chi connectivity index (χ2v) is 6.00. The number of ether oxygens (including phenoxy) is 1. The molecule has 0 aliphatic carbocycles. The van der Waals surface area contributed by atoms with Crippen LogP contribution in [-0.4, -0.2) is 41.0 Å². The zero-order valence-corrected chi connectivity index (χ0v) is 12.5. The first-order valence-corrected chi connectivity index (χ1v) is 6.75. The molecular weight excluding hydrogens is 264 g/mol. The van der Waals surface area contributed by atoms with Crippen molar-refractivity contribution in [1.82, 2.24) is 10.3 Å². The number of nitrogens with two attached hydrogens (primary N) is 1. The number of rotatable bonds is 2. The summed E-state index contributed by atoms with van der Waals surface area (Å²) in [5.41, 5.74) is 7.35. The average molecular weight is 286 g/mol. The Hall–Kier alpha value is -1.37. The van der Waals surface area contributed by atoms with Gasteiger partial charge in [-0.2, -0.15) is 5.10 Å². The van der Waals surface area contributed by atoms with E-state index in [2.05, 4.69) is 22.7 Å². The van der Waals surface area contributed by atoms with Crippen molar-refractivity contribution in [2.75, 3.05) is 13.1 Å². The molecule has 0 spiro atoms. The molecule has 0 aromatic carbocycles. The van der Waals surface area contributed by atoms with Crippen molar-refractivity contribution in [2.24, 2.45) is 16.8 Å². The summed E-state index contributed by atoms with van der Waals surface area (Å²) in [5.74, 6) is 0.334. The van der Waals surface area contributed by atoms with Gasteiger partial charge in [0, 0.05) is 19.3 Å². The third-order valence-corrected chi connectivity index (χ3v) is 2.74. The van der Waals surface area contributed by atoms with Gasteiger partial charge in [-0.05, 0) is 51.7 Å². The minimum absolute atomic E-state index is 0.155. The highest BCUT2D eigenvalue weighted by Gasteiger charge is 2.26. The van der Waals surface area contributed by atoms with Gasteiger partial charge >= 0.3 is 6.09 Å². The first-order chi connectivity index (χ1) is 8.78. The minimum atomic E-state index is -0.448. The topological polar surface area (TPSA) is 80.0 Å². The van der Waals surface area contributed by atoms with Crippen molar-refractivity contribution in [1.29, 1.82) is 0 Å². The lowest BCUT2D eigenvalue weighted by atomic mass is 9.99. The van der Waals surface area contributed by atoms with E-state index in [1.165, 1.54) is 0 Å². The number of amides is 1. The quantitative estimate of drug-likeness (QED) is 0.456. The van der Waals surface area contributed by atoms with Gasteiger partial charge in [-0.3, -0.25) is 5.43 Å². The van der Waals surface area contributed by atoms with E-state index in [0.29, 0.717) is 19.0 Å². The molecule has 1 aliphatic heterocycles. The summed E-state index contributed by atoms with van der Waals surface area (Å²) in [4.78, 5) is 13.6. The molecule has 0 unspecified atom stereocenters. The van der Waals surface area contributed by atoms with E-state index < -0.39 is 5.60 Å². The molecule has 1 aliphatic rings. The van der Waals surface area contributed by atoms with Gasteiger partial charge in [0.2, 0.25) is 0 Å². The van der Waals surface area contributed by atoms with E-state index >= 15 is 0 Å². The van der Waals surface area contributed by atoms with Crippen LogP contribution >= 0.6 is 12.2 Å². The maximum Gasteiger partial charge on any atom is 0.410 e. The minimum Gasteiger partial charge on any atom is -0.444 e. The summed E-state index contributed by atoms with van der Waals surface area (Å²) in [5, 5.41) is 4.10. The Morgan fingerprint density at radius 2 is 2.05 bits per heavy atom. The van der Waals surface area contributed by atoms with Crippen LogP contribution in [0.3, 0.4) is 0 Å². The first-order valence-electron chi connectivity index (χ1n) is 6.34. The molecule has 1 amide bonds. The van der Waals surface area contributed by atoms with Crippen LogP contribution in [0.15, 0.2) is 5.10 Å². The number of hydrazone groups is 1. The third kappa shape index (κ3) is 6.37. The average Bonchev–Trinajstić information content (AvgIpc) is 2.27. The lowest BCUT2D eigenvalue weighted by Crippen LogP contribution is -2.42. The van der Waals surface area contributed by atoms with Crippen LogP contribution in [0.4, 0.5) is 4.79 Å². The molecule has 0 saturated carbocycles. The van der Waals surface area contributed by atoms with E-state index in [0.717, 1.165) is 12.8 Å². The van der Waals surface area contributed by atoms with Crippen molar-refractivity contribution >= 4 is 29.6 Å². The Bertz CT molecular complexity index is 357. The number of carbonyl (C=O) groups is 1. The fourth-order valence-electron chi connectivity index (χ4n) is 1.76. The summed E-state index contributed by atoms with van der Waals surface area (Å²) in [7, 11) is 0. The number of hydrogen-bond donors (Lipinski definition) is 2. The van der Waals surface area contributed by atoms with Gasteiger partial charge in [-0.25, -0.2) is 4.79 Å². The summed E-state index contributed by atoms with van der Waals surface area (Å²) in [6.45, 7) is 6.96. The van der Waals surface area contributed by atoms with Crippen LogP contribution in [0, 0.1) is 5.92 Å². The number of piperidine rings is 1. The van der Waals surface area contributed by atoms with Crippen molar-refractivity contribution in [3.05, 3.63) is 0 Å². The molecule has 0 aromatic heterocycles. The normalized spacial score (nSPS) is 17.5. The van der Waals surface area contributed by atoms with Gasteiger partial charge < -0.3 is 15.4 Å². The third-order valence-electron chi connectivity index (χ3n) is 2.65. The van der Waals surface area contributed by atoms with Crippen molar-refractivity contribution < 1.29 is 9.53 Å². The van der Waals surface area contributed by atoms with Crippen molar-refractivity contribution in [3.63, 3.8) is 0 Å². The molecule has 1 rings (SSSR count). The maximum absolute atomic E-state index is 11.8. The molecule has 6 nitrogen and oxygen atoms in total. The van der Waals surface area contributed by atoms with Crippen LogP contribution in [0.2, 0.25) is 0 Å². The second kappa shape index (κ2) is 6.70. The van der Waals surface area contributed by atoms with E-state index in [4.69, 9.17) is 10.5 Å². The molecule has 1 heterocycles. The number of likely N-dealkylation sites (tertiary alicyclic amines) is 1. The second-order valence-electron chi connectivity index (χ2n) is 5.56. The summed E-state index contributed by atoms with van der Waals surface area (Å²) in [6, 6.07) is 0. The number of carbonyl (C=O) groups excluding carboxylic acids is 1. The van der Waals surface area contributed by atoms with E-state index in [1.807, 2.05) is 20.8 Å². The molecule has 1 fully saturated rings. The lowest BCUT2D eigenvalue weighted by Gasteiger charge is -2.32. The Balaban J connectivity index is 2.34. The molecule has 7 heteroatoms. The summed E-state index contributed by atoms with van der Waals surface area (Å²) >= 11 is 4.65. The zero-order valence-electron chi connectivity index (χ0n) is 11.7. The van der Waals surface area contributed by atoms with Crippen LogP contribution < -0.4 is 11.2 Å². The predicted octanol–water partition coefficient (Wildman–Crippen LogP) is 1.45. The first kappa shape index (κ1) is 15.7. The molecular formula is C12H22N4O2S. The Morgan fingerprint density at radius 1 is 1.47 bits per heavy atom. The molecule has 1 saturated heterocycles. The van der Waals surface area contributed by atoms with E-state index in [9.17, 15) is 4.79 Å². The zero-order chi connectivity index (χ0) is 14.5. The van der Waals surface area contributed by atoms with Crippen LogP contribution in [0.25, 0.3) is 0 Å². The molecule has 0 radical (unpaired) electrons. The van der Waals surface area contributed by atoms with Gasteiger partial charge in [-0.1, -0.05) is 0 Å². The Kier molecular flexibility index (Phi) is 5.53. The maximum atomic E-state index is 11.8. The lowest BCUT2D eigenvalue weighted by molar-refractivity contribution is 0.0203. The molecule has 108 valence electrons. The van der Waals surface area contributed by atoms with Gasteiger partial charge in [0.15, 0.2) is 5.11 Å². The van der Waals surface area contributed by atoms with E-state index in [-0.39, 0.29) is 11.2 Å². The van der Waals surface area contributed by atoms with Gasteiger partial charge in [0.25, 0.3) is 0 Å². The summed E-state index contributed by atoms with van der Waals surface area (Å²) < 4.78 is 5.33. The Morgan fingerprint density at radius 3 is 2.53 bits per heavy atom. The van der Waals surface area contributed by atoms with Crippen LogP contribution in [0.5, 0.6) is 0 Å². The molecule has 0 bridgehead atoms. The van der Waals surface area contributed by atoms with Gasteiger partial charge in [0.1, 0.15) is 5.60 Å². The number of thiocarbonyl (C=S) groups is 1. The van der Waals surface area contributed by atoms with Crippen LogP contribution in [0.1, 0.15) is 33.6 Å². The fourth-order valence-corrected chi connectivity index (χ4v) is 1.82. The van der Waals surface area contributed by atoms with Gasteiger partial charge in [0.05, 0.1) is 0 Å². The monoisotopic (exact) mass is 286 g/mol. The fraction of sp³-hybridized carbons (Fsp3) is 0.750. The predicted molar refractivity (Wildman–Crippen MR) is 78.9 cm³/mol. The van der Waals surface area contributed by atoms with Crippen LogP contribution in [-0.2, 0) is 4.74 Å². The summed E-state index contributed by atoms with van der Waals surface area (Å²) in [6.07, 6.45) is 3.28. The number of nitrogens with one attached hydrogen (secondary N) is 1. The Labute approximate surface area is 119 Å². The van der Waals surface area contributed by atoms with E-state index in [1.54, 1.807) is 11.1 Å². The number of hydrogen-bond acceptors (Lipinski definition) is 4. The van der Waals surface area contributed by atoms with Crippen molar-refractivity contribution in [2.45, 2.75) is 39.2 Å². The van der Waals surface area contributed by atoms with Crippen molar-refractivity contribution in [3.8, 4) is 0 Å². The number of nitrogens with zero attached hydrogens (tertiary/aromatic N) is 2. The molecule has 3 N–H and O–H groups in total. The smallest absolute Gasteiger partial charge is 0.410 e. The molecule has 0 aromatic rings. The van der Waals surface area contributed by atoms with Gasteiger partial charge in [-0.15, -0.1) is 0 Å². The molecule has 19 heavy (non-hydrogen) atoms. The molecule has 0 atom stereocenters. The highest BCUT2D eigenvalue weighted by molar-refractivity contribution is 7.80. The highest BCUT2D eigenvalue weighted by Crippen LogP contribution is 2.18. The largest absolute Gasteiger partial charge is 0.444 e. The SMILES string of the molecule is CC(C)(C)OC(=O)N1CCC(/C=N\NC(N)=S)CC1. The standard InChI is InChI=1S/C12H22N4O2S/c1-12(2,3)18-11(17)16-6-4-9(5-7-16)8-14-15-10(13)19/h8-9H,4-7H2,1-3H3,(H3,13,15,19)/b14-8-.